The molecule has 0 aliphatic heterocycles. The lowest BCUT2D eigenvalue weighted by Crippen LogP contribution is -2.29. The van der Waals surface area contributed by atoms with Crippen LogP contribution in [0.1, 0.15) is 37.3 Å². The summed E-state index contributed by atoms with van der Waals surface area (Å²) in [6.45, 7) is 0. The van der Waals surface area contributed by atoms with Crippen molar-refractivity contribution in [2.45, 2.75) is 37.8 Å². The van der Waals surface area contributed by atoms with E-state index in [0.717, 1.165) is 36.8 Å². The Morgan fingerprint density at radius 2 is 2.28 bits per heavy atom. The van der Waals surface area contributed by atoms with E-state index in [0.29, 0.717) is 11.6 Å². The smallest absolute Gasteiger partial charge is 0.160 e. The lowest BCUT2D eigenvalue weighted by Gasteiger charge is -2.27. The standard InChI is InChI=1S/C13H15N5/c14-6-9-4-12-13(16-7-9)18(8-17-12)11-3-1-2-10(15)5-11/h4,7-8,10-11H,1-3,5,15H2/t10-,11+/m1/s1. The zero-order chi connectivity index (χ0) is 12.5. The summed E-state index contributed by atoms with van der Waals surface area (Å²) in [6, 6.07) is 4.53. The van der Waals surface area contributed by atoms with Crippen molar-refractivity contribution in [3.63, 3.8) is 0 Å². The lowest BCUT2D eigenvalue weighted by atomic mass is 9.91. The average molecular weight is 241 g/mol. The van der Waals surface area contributed by atoms with Crippen molar-refractivity contribution in [2.75, 3.05) is 0 Å². The SMILES string of the molecule is N#Cc1cnc2c(c1)ncn2[C@H]1CCC[C@@H](N)C1. The topological polar surface area (TPSA) is 80.5 Å². The van der Waals surface area contributed by atoms with Crippen LogP contribution in [0.3, 0.4) is 0 Å². The second-order valence-electron chi connectivity index (χ2n) is 4.91. The number of nitrogens with zero attached hydrogens (tertiary/aromatic N) is 4. The molecule has 2 N–H and O–H groups in total. The fourth-order valence-electron chi connectivity index (χ4n) is 2.70. The van der Waals surface area contributed by atoms with E-state index in [1.165, 1.54) is 0 Å². The maximum Gasteiger partial charge on any atom is 0.160 e. The fraction of sp³-hybridized carbons (Fsp3) is 0.462. The van der Waals surface area contributed by atoms with Crippen LogP contribution in [0.2, 0.25) is 0 Å². The predicted octanol–water partition coefficient (Wildman–Crippen LogP) is 1.75. The second-order valence-corrected chi connectivity index (χ2v) is 4.91. The highest BCUT2D eigenvalue weighted by Gasteiger charge is 2.22. The van der Waals surface area contributed by atoms with Crippen LogP contribution in [0.15, 0.2) is 18.6 Å². The molecule has 1 aliphatic rings. The molecule has 0 aromatic carbocycles. The first kappa shape index (κ1) is 11.2. The molecule has 2 aromatic rings. The van der Waals surface area contributed by atoms with E-state index in [4.69, 9.17) is 11.0 Å². The van der Waals surface area contributed by atoms with Gasteiger partial charge in [0.15, 0.2) is 5.65 Å². The van der Waals surface area contributed by atoms with Crippen LogP contribution in [0.25, 0.3) is 11.2 Å². The number of imidazole rings is 1. The van der Waals surface area contributed by atoms with Gasteiger partial charge >= 0.3 is 0 Å². The Morgan fingerprint density at radius 3 is 3.06 bits per heavy atom. The fourth-order valence-corrected chi connectivity index (χ4v) is 2.70. The minimum Gasteiger partial charge on any atom is -0.328 e. The molecule has 0 bridgehead atoms. The van der Waals surface area contributed by atoms with Crippen molar-refractivity contribution < 1.29 is 0 Å². The van der Waals surface area contributed by atoms with Gasteiger partial charge in [-0.05, 0) is 31.7 Å². The van der Waals surface area contributed by atoms with E-state index >= 15 is 0 Å². The van der Waals surface area contributed by atoms with Gasteiger partial charge in [-0.25, -0.2) is 9.97 Å². The second kappa shape index (κ2) is 4.39. The molecule has 5 heteroatoms. The number of nitrogens with two attached hydrogens (primary N) is 1. The van der Waals surface area contributed by atoms with Crippen molar-refractivity contribution in [2.24, 2.45) is 5.73 Å². The lowest BCUT2D eigenvalue weighted by molar-refractivity contribution is 0.324. The minimum atomic E-state index is 0.277. The number of hydrogen-bond donors (Lipinski definition) is 1. The molecule has 18 heavy (non-hydrogen) atoms. The quantitative estimate of drug-likeness (QED) is 0.824. The number of aromatic nitrogens is 3. The Hall–Kier alpha value is -1.93. The Labute approximate surface area is 105 Å². The maximum atomic E-state index is 8.85. The number of rotatable bonds is 1. The van der Waals surface area contributed by atoms with Crippen molar-refractivity contribution in [3.8, 4) is 6.07 Å². The van der Waals surface area contributed by atoms with Gasteiger partial charge in [0, 0.05) is 18.3 Å². The first-order chi connectivity index (χ1) is 8.78. The van der Waals surface area contributed by atoms with Gasteiger partial charge in [0.25, 0.3) is 0 Å². The molecule has 2 heterocycles. The van der Waals surface area contributed by atoms with E-state index < -0.39 is 0 Å². The van der Waals surface area contributed by atoms with Crippen molar-refractivity contribution in [1.29, 1.82) is 5.26 Å². The molecular formula is C13H15N5. The molecule has 0 unspecified atom stereocenters. The number of hydrogen-bond acceptors (Lipinski definition) is 4. The van der Waals surface area contributed by atoms with Gasteiger partial charge in [-0.2, -0.15) is 5.26 Å². The van der Waals surface area contributed by atoms with Gasteiger partial charge in [-0.3, -0.25) is 0 Å². The summed E-state index contributed by atoms with van der Waals surface area (Å²) in [5.41, 5.74) is 8.21. The van der Waals surface area contributed by atoms with Crippen LogP contribution >= 0.6 is 0 Å². The number of fused-ring (bicyclic) bond motifs is 1. The molecule has 0 amide bonds. The van der Waals surface area contributed by atoms with Gasteiger partial charge in [0.1, 0.15) is 11.6 Å². The molecule has 1 aliphatic carbocycles. The summed E-state index contributed by atoms with van der Waals surface area (Å²) in [5, 5.41) is 8.85. The first-order valence-electron chi connectivity index (χ1n) is 6.26. The Kier molecular flexibility index (Phi) is 2.73. The summed E-state index contributed by atoms with van der Waals surface area (Å²) in [6.07, 6.45) is 7.79. The minimum absolute atomic E-state index is 0.277. The predicted molar refractivity (Wildman–Crippen MR) is 67.7 cm³/mol. The molecule has 92 valence electrons. The average Bonchev–Trinajstić information content (AvgIpc) is 2.81. The summed E-state index contributed by atoms with van der Waals surface area (Å²) in [5.74, 6) is 0. The van der Waals surface area contributed by atoms with E-state index in [-0.39, 0.29) is 6.04 Å². The van der Waals surface area contributed by atoms with E-state index in [1.807, 2.05) is 6.33 Å². The molecule has 2 atom stereocenters. The molecule has 3 rings (SSSR count). The highest BCUT2D eigenvalue weighted by Crippen LogP contribution is 2.29. The van der Waals surface area contributed by atoms with Crippen LogP contribution in [-0.2, 0) is 0 Å². The number of nitriles is 1. The Bertz CT molecular complexity index is 609. The molecule has 0 saturated heterocycles. The van der Waals surface area contributed by atoms with Crippen LogP contribution in [-0.4, -0.2) is 20.6 Å². The molecule has 1 saturated carbocycles. The van der Waals surface area contributed by atoms with Gasteiger partial charge in [0.05, 0.1) is 11.9 Å². The van der Waals surface area contributed by atoms with E-state index in [9.17, 15) is 0 Å². The molecule has 0 radical (unpaired) electrons. The van der Waals surface area contributed by atoms with Gasteiger partial charge in [-0.1, -0.05) is 0 Å². The van der Waals surface area contributed by atoms with Crippen LogP contribution in [0.5, 0.6) is 0 Å². The molecule has 5 nitrogen and oxygen atoms in total. The molecular weight excluding hydrogens is 226 g/mol. The van der Waals surface area contributed by atoms with E-state index in [1.54, 1.807) is 12.3 Å². The van der Waals surface area contributed by atoms with Crippen LogP contribution in [0.4, 0.5) is 0 Å². The van der Waals surface area contributed by atoms with Gasteiger partial charge in [-0.15, -0.1) is 0 Å². The summed E-state index contributed by atoms with van der Waals surface area (Å²) >= 11 is 0. The van der Waals surface area contributed by atoms with Crippen molar-refractivity contribution >= 4 is 11.2 Å². The molecule has 0 spiro atoms. The Morgan fingerprint density at radius 1 is 1.39 bits per heavy atom. The third-order valence-corrected chi connectivity index (χ3v) is 3.62. The summed E-state index contributed by atoms with van der Waals surface area (Å²) in [4.78, 5) is 8.69. The summed E-state index contributed by atoms with van der Waals surface area (Å²) in [7, 11) is 0. The maximum absolute atomic E-state index is 8.85. The third-order valence-electron chi connectivity index (χ3n) is 3.62. The van der Waals surface area contributed by atoms with Gasteiger partial charge < -0.3 is 10.3 Å². The largest absolute Gasteiger partial charge is 0.328 e. The zero-order valence-electron chi connectivity index (χ0n) is 10.1. The molecule has 1 fully saturated rings. The summed E-state index contributed by atoms with van der Waals surface area (Å²) < 4.78 is 2.11. The van der Waals surface area contributed by atoms with Crippen LogP contribution in [0, 0.1) is 11.3 Å². The van der Waals surface area contributed by atoms with Crippen LogP contribution < -0.4 is 5.73 Å². The zero-order valence-corrected chi connectivity index (χ0v) is 10.1. The highest BCUT2D eigenvalue weighted by molar-refractivity contribution is 5.72. The molecule has 2 aromatic heterocycles. The van der Waals surface area contributed by atoms with Crippen molar-refractivity contribution in [3.05, 3.63) is 24.2 Å². The first-order valence-corrected chi connectivity index (χ1v) is 6.26. The highest BCUT2D eigenvalue weighted by atomic mass is 15.1. The van der Waals surface area contributed by atoms with Gasteiger partial charge in [0.2, 0.25) is 0 Å². The van der Waals surface area contributed by atoms with E-state index in [2.05, 4.69) is 20.6 Å². The Balaban J connectivity index is 2.00. The monoisotopic (exact) mass is 241 g/mol. The number of pyridine rings is 1. The van der Waals surface area contributed by atoms with Crippen molar-refractivity contribution in [1.82, 2.24) is 14.5 Å². The third kappa shape index (κ3) is 1.85. The normalized spacial score (nSPS) is 24.0.